The molecule has 0 radical (unpaired) electrons. The van der Waals surface area contributed by atoms with Gasteiger partial charge in [0.05, 0.1) is 11.3 Å². The van der Waals surface area contributed by atoms with Crippen LogP contribution in [0.2, 0.25) is 0 Å². The number of sulfonamides is 1. The maximum atomic E-state index is 12.9. The number of nitrogens with zero attached hydrogens (tertiary/aromatic N) is 2. The molecule has 1 aromatic heterocycles. The molecule has 1 aliphatic heterocycles. The van der Waals surface area contributed by atoms with Crippen LogP contribution in [0, 0.1) is 0 Å². The first-order valence-corrected chi connectivity index (χ1v) is 9.93. The molecule has 0 saturated carbocycles. The Morgan fingerprint density at radius 2 is 2.00 bits per heavy atom. The second-order valence-corrected chi connectivity index (χ2v) is 7.97. The van der Waals surface area contributed by atoms with E-state index in [-0.39, 0.29) is 31.0 Å². The van der Waals surface area contributed by atoms with E-state index >= 15 is 0 Å². The van der Waals surface area contributed by atoms with Gasteiger partial charge in [0, 0.05) is 32.0 Å². The van der Waals surface area contributed by atoms with Crippen molar-refractivity contribution in [1.82, 2.24) is 19.9 Å². The Bertz CT molecular complexity index is 903. The largest absolute Gasteiger partial charge is 0.353 e. The number of pyridine rings is 1. The molecule has 1 atom stereocenters. The van der Waals surface area contributed by atoms with Gasteiger partial charge in [0.1, 0.15) is 6.04 Å². The molecule has 1 fully saturated rings. The van der Waals surface area contributed by atoms with Crippen LogP contribution >= 0.6 is 0 Å². The van der Waals surface area contributed by atoms with E-state index in [1.807, 2.05) is 6.07 Å². The zero-order valence-electron chi connectivity index (χ0n) is 14.5. The minimum atomic E-state index is -3.87. The highest BCUT2D eigenvalue weighted by Gasteiger charge is 2.39. The molecule has 1 aliphatic rings. The lowest BCUT2D eigenvalue weighted by Crippen LogP contribution is -2.58. The molecule has 0 bridgehead atoms. The molecule has 0 aliphatic carbocycles. The van der Waals surface area contributed by atoms with Gasteiger partial charge in [-0.3, -0.25) is 14.6 Å². The summed E-state index contributed by atoms with van der Waals surface area (Å²) in [6.45, 7) is 0.578. The monoisotopic (exact) mass is 388 g/mol. The number of amides is 2. The number of carbonyl (C=O) groups excluding carboxylic acids is 2. The first kappa shape index (κ1) is 19.0. The van der Waals surface area contributed by atoms with Gasteiger partial charge in [-0.2, -0.15) is 4.31 Å². The third kappa shape index (κ3) is 4.50. The number of hydrogen-bond donors (Lipinski definition) is 2. The number of hydrogen-bond acceptors (Lipinski definition) is 5. The van der Waals surface area contributed by atoms with E-state index in [1.54, 1.807) is 36.7 Å². The first-order valence-electron chi connectivity index (χ1n) is 8.48. The summed E-state index contributed by atoms with van der Waals surface area (Å²) in [5.41, 5.74) is 0.813. The summed E-state index contributed by atoms with van der Waals surface area (Å²) in [5.74, 6) is -0.883. The second-order valence-electron chi connectivity index (χ2n) is 6.08. The molecule has 142 valence electrons. The predicted molar refractivity (Wildman–Crippen MR) is 97.8 cm³/mol. The van der Waals surface area contributed by atoms with Crippen molar-refractivity contribution in [2.24, 2.45) is 0 Å². The Balaban J connectivity index is 1.73. The van der Waals surface area contributed by atoms with Gasteiger partial charge < -0.3 is 10.6 Å². The number of carbonyl (C=O) groups is 2. The topological polar surface area (TPSA) is 108 Å². The molecule has 1 saturated heterocycles. The van der Waals surface area contributed by atoms with Crippen LogP contribution in [0.3, 0.4) is 0 Å². The summed E-state index contributed by atoms with van der Waals surface area (Å²) >= 11 is 0. The lowest BCUT2D eigenvalue weighted by atomic mass is 10.1. The van der Waals surface area contributed by atoms with E-state index in [4.69, 9.17) is 0 Å². The molecule has 0 spiro atoms. The molecule has 9 heteroatoms. The van der Waals surface area contributed by atoms with Gasteiger partial charge in [-0.1, -0.05) is 24.3 Å². The number of aromatic nitrogens is 1. The fourth-order valence-electron chi connectivity index (χ4n) is 2.85. The third-order valence-corrected chi connectivity index (χ3v) is 6.15. The zero-order valence-corrected chi connectivity index (χ0v) is 15.4. The van der Waals surface area contributed by atoms with E-state index < -0.39 is 27.9 Å². The SMILES string of the molecule is O=C(CC1C(=O)NCCN1S(=O)(=O)c1ccccc1)NCc1cccnc1. The summed E-state index contributed by atoms with van der Waals surface area (Å²) in [6.07, 6.45) is 3.00. The molecule has 27 heavy (non-hydrogen) atoms. The van der Waals surface area contributed by atoms with Crippen LogP contribution < -0.4 is 10.6 Å². The Kier molecular flexibility index (Phi) is 5.82. The van der Waals surface area contributed by atoms with Gasteiger partial charge in [0.2, 0.25) is 21.8 Å². The van der Waals surface area contributed by atoms with Gasteiger partial charge in [0.25, 0.3) is 0 Å². The van der Waals surface area contributed by atoms with E-state index in [9.17, 15) is 18.0 Å². The maximum absolute atomic E-state index is 12.9. The zero-order chi connectivity index (χ0) is 19.3. The number of benzene rings is 1. The maximum Gasteiger partial charge on any atom is 0.243 e. The van der Waals surface area contributed by atoms with Crippen molar-refractivity contribution in [1.29, 1.82) is 0 Å². The molecule has 3 rings (SSSR count). The summed E-state index contributed by atoms with van der Waals surface area (Å²) in [6, 6.07) is 10.4. The predicted octanol–water partition coefficient (Wildman–Crippen LogP) is 0.277. The fraction of sp³-hybridized carbons (Fsp3) is 0.278. The standard InChI is InChI=1S/C18H20N4O4S/c23-17(21-13-14-5-4-8-19-12-14)11-16-18(24)20-9-10-22(16)27(25,26)15-6-2-1-3-7-15/h1-8,12,16H,9-11,13H2,(H,20,24)(H,21,23). The Hall–Kier alpha value is -2.78. The van der Waals surface area contributed by atoms with Crippen LogP contribution in [0.15, 0.2) is 59.8 Å². The van der Waals surface area contributed by atoms with E-state index in [1.165, 1.54) is 12.1 Å². The highest BCUT2D eigenvalue weighted by atomic mass is 32.2. The van der Waals surface area contributed by atoms with Crippen LogP contribution in [0.25, 0.3) is 0 Å². The Morgan fingerprint density at radius 3 is 2.70 bits per heavy atom. The molecule has 2 heterocycles. The number of piperazine rings is 1. The molecule has 2 amide bonds. The average molecular weight is 388 g/mol. The molecule has 8 nitrogen and oxygen atoms in total. The first-order chi connectivity index (χ1) is 13.0. The quantitative estimate of drug-likeness (QED) is 0.739. The Labute approximate surface area is 157 Å². The number of nitrogens with one attached hydrogen (secondary N) is 2. The smallest absolute Gasteiger partial charge is 0.243 e. The van der Waals surface area contributed by atoms with Gasteiger partial charge >= 0.3 is 0 Å². The molecular weight excluding hydrogens is 368 g/mol. The lowest BCUT2D eigenvalue weighted by molar-refractivity contribution is -0.131. The van der Waals surface area contributed by atoms with Gasteiger partial charge in [-0.05, 0) is 23.8 Å². The van der Waals surface area contributed by atoms with Crippen LogP contribution in [0.5, 0.6) is 0 Å². The summed E-state index contributed by atoms with van der Waals surface area (Å²) in [5, 5.41) is 5.33. The molecule has 2 N–H and O–H groups in total. The van der Waals surface area contributed by atoms with Gasteiger partial charge in [0.15, 0.2) is 0 Å². The summed E-state index contributed by atoms with van der Waals surface area (Å²) in [4.78, 5) is 28.7. The minimum Gasteiger partial charge on any atom is -0.353 e. The lowest BCUT2D eigenvalue weighted by Gasteiger charge is -2.33. The van der Waals surface area contributed by atoms with Crippen molar-refractivity contribution in [2.45, 2.75) is 23.9 Å². The van der Waals surface area contributed by atoms with Crippen LogP contribution in [0.1, 0.15) is 12.0 Å². The van der Waals surface area contributed by atoms with E-state index in [0.717, 1.165) is 9.87 Å². The average Bonchev–Trinajstić information content (AvgIpc) is 2.69. The van der Waals surface area contributed by atoms with Crippen LogP contribution in [-0.2, 0) is 26.2 Å². The summed E-state index contributed by atoms with van der Waals surface area (Å²) < 4.78 is 26.9. The van der Waals surface area contributed by atoms with Crippen molar-refractivity contribution in [3.63, 3.8) is 0 Å². The van der Waals surface area contributed by atoms with E-state index in [2.05, 4.69) is 15.6 Å². The Morgan fingerprint density at radius 1 is 1.22 bits per heavy atom. The van der Waals surface area contributed by atoms with Crippen molar-refractivity contribution < 1.29 is 18.0 Å². The van der Waals surface area contributed by atoms with Gasteiger partial charge in [-0.15, -0.1) is 0 Å². The molecule has 1 unspecified atom stereocenters. The summed E-state index contributed by atoms with van der Waals surface area (Å²) in [7, 11) is -3.87. The van der Waals surface area contributed by atoms with Gasteiger partial charge in [-0.25, -0.2) is 8.42 Å². The van der Waals surface area contributed by atoms with Crippen molar-refractivity contribution in [3.05, 3.63) is 60.4 Å². The van der Waals surface area contributed by atoms with Crippen LogP contribution in [-0.4, -0.2) is 48.7 Å². The van der Waals surface area contributed by atoms with Crippen molar-refractivity contribution in [2.75, 3.05) is 13.1 Å². The highest BCUT2D eigenvalue weighted by Crippen LogP contribution is 2.21. The molecule has 1 aromatic carbocycles. The fourth-order valence-corrected chi connectivity index (χ4v) is 4.46. The van der Waals surface area contributed by atoms with Crippen molar-refractivity contribution >= 4 is 21.8 Å². The van der Waals surface area contributed by atoms with Crippen LogP contribution in [0.4, 0.5) is 0 Å². The molecular formula is C18H20N4O4S. The van der Waals surface area contributed by atoms with Crippen molar-refractivity contribution in [3.8, 4) is 0 Å². The second kappa shape index (κ2) is 8.28. The highest BCUT2D eigenvalue weighted by molar-refractivity contribution is 7.89. The van der Waals surface area contributed by atoms with E-state index in [0.29, 0.717) is 0 Å². The normalized spacial score (nSPS) is 17.9. The minimum absolute atomic E-state index is 0.0977. The number of rotatable bonds is 6. The molecule has 2 aromatic rings. The third-order valence-electron chi connectivity index (χ3n) is 4.22.